The second-order valence-electron chi connectivity index (χ2n) is 5.86. The standard InChI is InChI=1S/C15H21ClN2O4/c1-2-4-15(9-19)8-18(5-3-12(15)20)14(22)11-6-10(16)7-17-13(11)21/h6-7,12,19-20H,2-5,8-9H2,1H3,(H,17,21)/t12-,15+/m0/s1. The lowest BCUT2D eigenvalue weighted by atomic mass is 9.74. The number of nitrogens with zero attached hydrogens (tertiary/aromatic N) is 1. The Bertz CT molecular complexity index is 603. The first-order valence-electron chi connectivity index (χ1n) is 7.40. The highest BCUT2D eigenvalue weighted by Crippen LogP contribution is 2.35. The molecule has 1 fully saturated rings. The number of piperidine rings is 1. The van der Waals surface area contributed by atoms with Gasteiger partial charge in [-0.2, -0.15) is 0 Å². The smallest absolute Gasteiger partial charge is 0.260 e. The normalized spacial score (nSPS) is 25.3. The number of aliphatic hydroxyl groups is 2. The lowest BCUT2D eigenvalue weighted by molar-refractivity contribution is -0.0720. The number of aliphatic hydroxyl groups excluding tert-OH is 2. The molecule has 1 aromatic rings. The molecule has 3 N–H and O–H groups in total. The van der Waals surface area contributed by atoms with Gasteiger partial charge in [0.15, 0.2) is 0 Å². The van der Waals surface area contributed by atoms with E-state index in [2.05, 4.69) is 4.98 Å². The van der Waals surface area contributed by atoms with Gasteiger partial charge in [-0.05, 0) is 18.9 Å². The molecule has 7 heteroatoms. The maximum Gasteiger partial charge on any atom is 0.260 e. The molecule has 0 spiro atoms. The van der Waals surface area contributed by atoms with Gasteiger partial charge in [0, 0.05) is 24.7 Å². The number of H-pyrrole nitrogens is 1. The number of rotatable bonds is 4. The zero-order valence-corrected chi connectivity index (χ0v) is 13.3. The largest absolute Gasteiger partial charge is 0.396 e. The first kappa shape index (κ1) is 17.0. The highest BCUT2D eigenvalue weighted by molar-refractivity contribution is 6.30. The molecule has 1 aliphatic rings. The zero-order chi connectivity index (χ0) is 16.3. The van der Waals surface area contributed by atoms with E-state index < -0.39 is 23.0 Å². The Morgan fingerprint density at radius 2 is 2.32 bits per heavy atom. The molecule has 2 heterocycles. The molecule has 0 aliphatic carbocycles. The van der Waals surface area contributed by atoms with Crippen molar-refractivity contribution < 1.29 is 15.0 Å². The first-order chi connectivity index (χ1) is 10.4. The minimum Gasteiger partial charge on any atom is -0.396 e. The van der Waals surface area contributed by atoms with E-state index in [-0.39, 0.29) is 23.7 Å². The molecule has 1 amide bonds. The molecule has 2 atom stereocenters. The van der Waals surface area contributed by atoms with Gasteiger partial charge in [-0.15, -0.1) is 0 Å². The topological polar surface area (TPSA) is 93.6 Å². The molecule has 0 saturated carbocycles. The van der Waals surface area contributed by atoms with E-state index in [4.69, 9.17) is 11.6 Å². The van der Waals surface area contributed by atoms with Crippen molar-refractivity contribution >= 4 is 17.5 Å². The Labute approximate surface area is 133 Å². The van der Waals surface area contributed by atoms with Crippen molar-refractivity contribution in [3.8, 4) is 0 Å². The van der Waals surface area contributed by atoms with Crippen LogP contribution in [-0.2, 0) is 0 Å². The Morgan fingerprint density at radius 1 is 1.59 bits per heavy atom. The maximum absolute atomic E-state index is 12.6. The van der Waals surface area contributed by atoms with Gasteiger partial charge in [0.1, 0.15) is 5.56 Å². The van der Waals surface area contributed by atoms with Crippen molar-refractivity contribution in [2.24, 2.45) is 5.41 Å². The number of hydrogen-bond acceptors (Lipinski definition) is 4. The van der Waals surface area contributed by atoms with Crippen LogP contribution in [0, 0.1) is 5.41 Å². The minimum absolute atomic E-state index is 0.0211. The highest BCUT2D eigenvalue weighted by atomic mass is 35.5. The zero-order valence-electron chi connectivity index (χ0n) is 12.5. The number of halogens is 1. The lowest BCUT2D eigenvalue weighted by Crippen LogP contribution is -2.55. The fraction of sp³-hybridized carbons (Fsp3) is 0.600. The van der Waals surface area contributed by atoms with Gasteiger partial charge in [0.2, 0.25) is 0 Å². The fourth-order valence-electron chi connectivity index (χ4n) is 3.09. The SMILES string of the molecule is CCC[C@]1(CO)CN(C(=O)c2cc(Cl)c[nH]c2=O)CC[C@@H]1O. The molecule has 0 bridgehead atoms. The third-order valence-electron chi connectivity index (χ3n) is 4.33. The summed E-state index contributed by atoms with van der Waals surface area (Å²) in [6.07, 6.45) is 2.46. The average Bonchev–Trinajstić information content (AvgIpc) is 2.51. The maximum atomic E-state index is 12.6. The summed E-state index contributed by atoms with van der Waals surface area (Å²) in [6, 6.07) is 1.34. The van der Waals surface area contributed by atoms with Crippen LogP contribution in [0.4, 0.5) is 0 Å². The molecule has 122 valence electrons. The van der Waals surface area contributed by atoms with Gasteiger partial charge >= 0.3 is 0 Å². The number of carbonyl (C=O) groups is 1. The molecular formula is C15H21ClN2O4. The van der Waals surface area contributed by atoms with Gasteiger partial charge in [0.25, 0.3) is 11.5 Å². The van der Waals surface area contributed by atoms with E-state index >= 15 is 0 Å². The molecule has 0 unspecified atom stereocenters. The lowest BCUT2D eigenvalue weighted by Gasteiger charge is -2.45. The van der Waals surface area contributed by atoms with E-state index in [1.807, 2.05) is 6.92 Å². The van der Waals surface area contributed by atoms with E-state index in [9.17, 15) is 19.8 Å². The summed E-state index contributed by atoms with van der Waals surface area (Å²) in [7, 11) is 0. The summed E-state index contributed by atoms with van der Waals surface area (Å²) < 4.78 is 0. The van der Waals surface area contributed by atoms with Crippen LogP contribution in [0.5, 0.6) is 0 Å². The van der Waals surface area contributed by atoms with Crippen LogP contribution < -0.4 is 5.56 Å². The van der Waals surface area contributed by atoms with Gasteiger partial charge in [-0.3, -0.25) is 9.59 Å². The Morgan fingerprint density at radius 3 is 2.95 bits per heavy atom. The van der Waals surface area contributed by atoms with Crippen molar-refractivity contribution in [2.45, 2.75) is 32.3 Å². The van der Waals surface area contributed by atoms with Crippen LogP contribution >= 0.6 is 11.6 Å². The minimum atomic E-state index is -0.728. The van der Waals surface area contributed by atoms with E-state index in [1.54, 1.807) is 0 Å². The number of nitrogens with one attached hydrogen (secondary N) is 1. The average molecular weight is 329 g/mol. The van der Waals surface area contributed by atoms with Gasteiger partial charge < -0.3 is 20.1 Å². The highest BCUT2D eigenvalue weighted by Gasteiger charge is 2.43. The number of pyridine rings is 1. The number of likely N-dealkylation sites (tertiary alicyclic amines) is 1. The van der Waals surface area contributed by atoms with E-state index in [0.717, 1.165) is 6.42 Å². The predicted octanol–water partition coefficient (Wildman–Crippen LogP) is 1.01. The summed E-state index contributed by atoms with van der Waals surface area (Å²) >= 11 is 5.84. The van der Waals surface area contributed by atoms with Gasteiger partial charge in [-0.25, -0.2) is 0 Å². The number of aromatic nitrogens is 1. The van der Waals surface area contributed by atoms with Crippen molar-refractivity contribution in [3.05, 3.63) is 33.2 Å². The molecular weight excluding hydrogens is 308 g/mol. The molecule has 2 rings (SSSR count). The Balaban J connectivity index is 2.27. The van der Waals surface area contributed by atoms with Crippen LogP contribution in [-0.4, -0.2) is 51.8 Å². The second-order valence-corrected chi connectivity index (χ2v) is 6.30. The van der Waals surface area contributed by atoms with Crippen molar-refractivity contribution in [3.63, 3.8) is 0 Å². The number of aromatic amines is 1. The molecule has 1 aliphatic heterocycles. The Kier molecular flexibility index (Phi) is 5.26. The fourth-order valence-corrected chi connectivity index (χ4v) is 3.25. The Hall–Kier alpha value is -1.37. The van der Waals surface area contributed by atoms with Gasteiger partial charge in [-0.1, -0.05) is 24.9 Å². The molecule has 1 aromatic heterocycles. The molecule has 0 aromatic carbocycles. The van der Waals surface area contributed by atoms with Crippen molar-refractivity contribution in [2.75, 3.05) is 19.7 Å². The first-order valence-corrected chi connectivity index (χ1v) is 7.78. The second kappa shape index (κ2) is 6.81. The van der Waals surface area contributed by atoms with Crippen molar-refractivity contribution in [1.29, 1.82) is 0 Å². The monoisotopic (exact) mass is 328 g/mol. The summed E-state index contributed by atoms with van der Waals surface area (Å²) in [5.74, 6) is -0.426. The van der Waals surface area contributed by atoms with Crippen molar-refractivity contribution in [1.82, 2.24) is 9.88 Å². The summed E-state index contributed by atoms with van der Waals surface area (Å²) in [4.78, 5) is 28.3. The van der Waals surface area contributed by atoms with Crippen LogP contribution in [0.1, 0.15) is 36.5 Å². The van der Waals surface area contributed by atoms with E-state index in [1.165, 1.54) is 17.2 Å². The quantitative estimate of drug-likeness (QED) is 0.769. The molecule has 1 saturated heterocycles. The predicted molar refractivity (Wildman–Crippen MR) is 83.0 cm³/mol. The number of carbonyl (C=O) groups excluding carboxylic acids is 1. The summed E-state index contributed by atoms with van der Waals surface area (Å²) in [5, 5.41) is 20.2. The van der Waals surface area contributed by atoms with Crippen LogP contribution in [0.25, 0.3) is 0 Å². The third-order valence-corrected chi connectivity index (χ3v) is 4.55. The number of hydrogen-bond donors (Lipinski definition) is 3. The van der Waals surface area contributed by atoms with Crippen LogP contribution in [0.15, 0.2) is 17.1 Å². The molecule has 0 radical (unpaired) electrons. The summed E-state index contributed by atoms with van der Waals surface area (Å²) in [6.45, 7) is 2.34. The third kappa shape index (κ3) is 3.19. The van der Waals surface area contributed by atoms with Crippen LogP contribution in [0.2, 0.25) is 5.02 Å². The number of amides is 1. The molecule has 6 nitrogen and oxygen atoms in total. The van der Waals surface area contributed by atoms with Gasteiger partial charge in [0.05, 0.1) is 17.7 Å². The van der Waals surface area contributed by atoms with Crippen LogP contribution in [0.3, 0.4) is 0 Å². The summed E-state index contributed by atoms with van der Waals surface area (Å²) in [5.41, 5.74) is -1.24. The van der Waals surface area contributed by atoms with E-state index in [0.29, 0.717) is 19.4 Å². The molecule has 22 heavy (non-hydrogen) atoms.